The van der Waals surface area contributed by atoms with Gasteiger partial charge in [0.2, 0.25) is 0 Å². The van der Waals surface area contributed by atoms with Gasteiger partial charge in [-0.15, -0.1) is 0 Å². The number of hydrogen-bond donors (Lipinski definition) is 0. The molecular formula is C12H18N2O2. The molecule has 88 valence electrons. The monoisotopic (exact) mass is 222 g/mol. The lowest BCUT2D eigenvalue weighted by Crippen LogP contribution is -2.47. The number of imidazole rings is 1. The van der Waals surface area contributed by atoms with Crippen LogP contribution in [0.25, 0.3) is 0 Å². The Kier molecular flexibility index (Phi) is 3.10. The van der Waals surface area contributed by atoms with Gasteiger partial charge in [-0.05, 0) is 19.3 Å². The molecule has 1 saturated carbocycles. The van der Waals surface area contributed by atoms with Crippen molar-refractivity contribution in [3.05, 3.63) is 18.2 Å². The Balaban J connectivity index is 1.91. The van der Waals surface area contributed by atoms with Crippen LogP contribution in [0.4, 0.5) is 0 Å². The summed E-state index contributed by atoms with van der Waals surface area (Å²) in [4.78, 5) is 16.2. The Bertz CT molecular complexity index is 375. The summed E-state index contributed by atoms with van der Waals surface area (Å²) in [6.07, 6.45) is 7.74. The maximum absolute atomic E-state index is 12.0. The van der Waals surface area contributed by atoms with E-state index in [1.807, 2.05) is 17.8 Å². The minimum atomic E-state index is -0.467. The molecule has 0 aliphatic heterocycles. The second-order valence-corrected chi connectivity index (χ2v) is 4.43. The van der Waals surface area contributed by atoms with Gasteiger partial charge in [-0.25, -0.2) is 4.98 Å². The van der Waals surface area contributed by atoms with E-state index in [4.69, 9.17) is 4.74 Å². The van der Waals surface area contributed by atoms with Gasteiger partial charge in [-0.3, -0.25) is 4.79 Å². The average Bonchev–Trinajstić information content (AvgIpc) is 2.60. The highest BCUT2D eigenvalue weighted by Crippen LogP contribution is 2.36. The predicted molar refractivity (Wildman–Crippen MR) is 60.1 cm³/mol. The largest absolute Gasteiger partial charge is 0.370 e. The number of methoxy groups -OCH3 is 1. The average molecular weight is 222 g/mol. The number of Topliss-reactive ketones (excluding diaryl/α,β-unsaturated/α-hetero) is 1. The van der Waals surface area contributed by atoms with Gasteiger partial charge in [-0.1, -0.05) is 0 Å². The van der Waals surface area contributed by atoms with Crippen molar-refractivity contribution < 1.29 is 9.53 Å². The van der Waals surface area contributed by atoms with Crippen molar-refractivity contribution in [1.82, 2.24) is 9.55 Å². The summed E-state index contributed by atoms with van der Waals surface area (Å²) < 4.78 is 7.31. The number of nitrogens with zero attached hydrogens (tertiary/aromatic N) is 2. The smallest absolute Gasteiger partial charge is 0.165 e. The quantitative estimate of drug-likeness (QED) is 0.758. The minimum absolute atomic E-state index is 0.226. The molecule has 0 unspecified atom stereocenters. The van der Waals surface area contributed by atoms with Gasteiger partial charge in [0.1, 0.15) is 11.4 Å². The molecule has 4 heteroatoms. The van der Waals surface area contributed by atoms with Crippen LogP contribution in [0.2, 0.25) is 0 Å². The molecule has 0 amide bonds. The van der Waals surface area contributed by atoms with E-state index < -0.39 is 5.60 Å². The van der Waals surface area contributed by atoms with Gasteiger partial charge in [0, 0.05) is 39.4 Å². The zero-order valence-electron chi connectivity index (χ0n) is 9.90. The number of carbonyl (C=O) groups is 1. The molecule has 16 heavy (non-hydrogen) atoms. The highest BCUT2D eigenvalue weighted by atomic mass is 16.5. The molecule has 1 aliphatic carbocycles. The molecule has 0 atom stereocenters. The summed E-state index contributed by atoms with van der Waals surface area (Å²) >= 11 is 0. The molecule has 0 saturated heterocycles. The first-order valence-electron chi connectivity index (χ1n) is 5.72. The first-order chi connectivity index (χ1) is 7.68. The fraction of sp³-hybridized carbons (Fsp3) is 0.667. The summed E-state index contributed by atoms with van der Waals surface area (Å²) in [7, 11) is 3.58. The number of carbonyl (C=O) groups excluding carboxylic acids is 1. The van der Waals surface area contributed by atoms with Gasteiger partial charge in [0.15, 0.2) is 5.78 Å². The van der Waals surface area contributed by atoms with Crippen LogP contribution < -0.4 is 0 Å². The van der Waals surface area contributed by atoms with E-state index in [1.54, 1.807) is 13.3 Å². The number of aromatic nitrogens is 2. The number of rotatable bonds is 5. The lowest BCUT2D eigenvalue weighted by molar-refractivity contribution is -0.151. The van der Waals surface area contributed by atoms with E-state index >= 15 is 0 Å². The molecular weight excluding hydrogens is 204 g/mol. The van der Waals surface area contributed by atoms with Crippen molar-refractivity contribution in [3.63, 3.8) is 0 Å². The molecule has 0 radical (unpaired) electrons. The molecule has 0 bridgehead atoms. The first-order valence-corrected chi connectivity index (χ1v) is 5.72. The second-order valence-electron chi connectivity index (χ2n) is 4.43. The highest BCUT2D eigenvalue weighted by molar-refractivity contribution is 5.88. The Morgan fingerprint density at radius 2 is 2.38 bits per heavy atom. The van der Waals surface area contributed by atoms with E-state index in [0.717, 1.165) is 25.1 Å². The summed E-state index contributed by atoms with van der Waals surface area (Å²) in [5.74, 6) is 1.18. The Morgan fingerprint density at radius 1 is 1.62 bits per heavy atom. The molecule has 0 spiro atoms. The Labute approximate surface area is 95.6 Å². The van der Waals surface area contributed by atoms with Crippen molar-refractivity contribution in [3.8, 4) is 0 Å². The molecule has 4 nitrogen and oxygen atoms in total. The predicted octanol–water partition coefficient (Wildman–Crippen LogP) is 1.49. The lowest BCUT2D eigenvalue weighted by atomic mass is 9.75. The molecule has 1 fully saturated rings. The van der Waals surface area contributed by atoms with E-state index in [-0.39, 0.29) is 5.78 Å². The minimum Gasteiger partial charge on any atom is -0.370 e. The van der Waals surface area contributed by atoms with Crippen molar-refractivity contribution in [2.24, 2.45) is 7.05 Å². The van der Waals surface area contributed by atoms with Crippen LogP contribution >= 0.6 is 0 Å². The fourth-order valence-electron chi connectivity index (χ4n) is 2.19. The summed E-state index contributed by atoms with van der Waals surface area (Å²) in [5.41, 5.74) is -0.467. The Morgan fingerprint density at radius 3 is 2.81 bits per heavy atom. The number of ketones is 1. The molecule has 0 N–H and O–H groups in total. The number of ether oxygens (including phenoxy) is 1. The normalized spacial score (nSPS) is 18.1. The fourth-order valence-corrected chi connectivity index (χ4v) is 2.19. The van der Waals surface area contributed by atoms with Gasteiger partial charge in [-0.2, -0.15) is 0 Å². The van der Waals surface area contributed by atoms with Gasteiger partial charge in [0.05, 0.1) is 0 Å². The van der Waals surface area contributed by atoms with Crippen LogP contribution in [-0.2, 0) is 23.0 Å². The van der Waals surface area contributed by atoms with E-state index in [9.17, 15) is 4.79 Å². The maximum atomic E-state index is 12.0. The van der Waals surface area contributed by atoms with Crippen molar-refractivity contribution in [1.29, 1.82) is 0 Å². The van der Waals surface area contributed by atoms with Crippen molar-refractivity contribution >= 4 is 5.78 Å². The number of aryl methyl sites for hydroxylation is 2. The van der Waals surface area contributed by atoms with Gasteiger partial charge >= 0.3 is 0 Å². The third kappa shape index (κ3) is 1.89. The SMILES string of the molecule is COC1(C(=O)CCc2nccn2C)CCC1. The molecule has 1 aliphatic rings. The highest BCUT2D eigenvalue weighted by Gasteiger charge is 2.43. The summed E-state index contributed by atoms with van der Waals surface area (Å²) in [6.45, 7) is 0. The van der Waals surface area contributed by atoms with Crippen LogP contribution in [0.1, 0.15) is 31.5 Å². The van der Waals surface area contributed by atoms with Crippen molar-refractivity contribution in [2.45, 2.75) is 37.7 Å². The third-order valence-corrected chi connectivity index (χ3v) is 3.56. The van der Waals surface area contributed by atoms with E-state index in [1.165, 1.54) is 0 Å². The van der Waals surface area contributed by atoms with Crippen LogP contribution in [-0.4, -0.2) is 28.0 Å². The van der Waals surface area contributed by atoms with Gasteiger partial charge in [0.25, 0.3) is 0 Å². The summed E-state index contributed by atoms with van der Waals surface area (Å²) in [5, 5.41) is 0. The zero-order chi connectivity index (χ0) is 11.6. The van der Waals surface area contributed by atoms with Gasteiger partial charge < -0.3 is 9.30 Å². The molecule has 1 aromatic rings. The molecule has 2 rings (SSSR count). The molecule has 1 aromatic heterocycles. The first kappa shape index (κ1) is 11.3. The standard InChI is InChI=1S/C12H18N2O2/c1-14-9-8-13-11(14)5-4-10(15)12(16-2)6-3-7-12/h8-9H,3-7H2,1-2H3. The lowest BCUT2D eigenvalue weighted by Gasteiger charge is -2.38. The molecule has 0 aromatic carbocycles. The molecule has 1 heterocycles. The zero-order valence-corrected chi connectivity index (χ0v) is 9.90. The van der Waals surface area contributed by atoms with E-state index in [0.29, 0.717) is 12.8 Å². The topological polar surface area (TPSA) is 44.1 Å². The van der Waals surface area contributed by atoms with Crippen LogP contribution in [0, 0.1) is 0 Å². The number of hydrogen-bond acceptors (Lipinski definition) is 3. The Hall–Kier alpha value is -1.16. The second kappa shape index (κ2) is 4.37. The third-order valence-electron chi connectivity index (χ3n) is 3.56. The van der Waals surface area contributed by atoms with E-state index in [2.05, 4.69) is 4.98 Å². The van der Waals surface area contributed by atoms with Crippen LogP contribution in [0.3, 0.4) is 0 Å². The van der Waals surface area contributed by atoms with Crippen LogP contribution in [0.15, 0.2) is 12.4 Å². The van der Waals surface area contributed by atoms with Crippen LogP contribution in [0.5, 0.6) is 0 Å². The maximum Gasteiger partial charge on any atom is 0.165 e. The summed E-state index contributed by atoms with van der Waals surface area (Å²) in [6, 6.07) is 0. The van der Waals surface area contributed by atoms with Crippen molar-refractivity contribution in [2.75, 3.05) is 7.11 Å².